The Hall–Kier alpha value is -1.44. The number of halogens is 7. The quantitative estimate of drug-likeness (QED) is 0.590. The van der Waals surface area contributed by atoms with Crippen LogP contribution in [0.1, 0.15) is 28.4 Å². The molecule has 0 fully saturated rings. The second kappa shape index (κ2) is 5.51. The van der Waals surface area contributed by atoms with Crippen molar-refractivity contribution in [2.75, 3.05) is 6.61 Å². The number of carbonyl (C=O) groups excluding carboxylic acids is 1. The molecule has 9 heteroatoms. The van der Waals surface area contributed by atoms with E-state index in [1.54, 1.807) is 0 Å². The number of alkyl halides is 6. The molecule has 0 saturated carbocycles. The van der Waals surface area contributed by atoms with Crippen LogP contribution < -0.4 is 0 Å². The van der Waals surface area contributed by atoms with E-state index in [1.807, 2.05) is 0 Å². The average Bonchev–Trinajstić information content (AvgIpc) is 2.25. The Morgan fingerprint density at radius 3 is 2.10 bits per heavy atom. The summed E-state index contributed by atoms with van der Waals surface area (Å²) in [4.78, 5) is 11.4. The second-order valence-electron chi connectivity index (χ2n) is 3.57. The van der Waals surface area contributed by atoms with Gasteiger partial charge in [0.1, 0.15) is 0 Å². The van der Waals surface area contributed by atoms with E-state index in [4.69, 9.17) is 11.6 Å². The lowest BCUT2D eigenvalue weighted by molar-refractivity contribution is -0.143. The van der Waals surface area contributed by atoms with E-state index in [2.05, 4.69) is 4.74 Å². The molecule has 0 radical (unpaired) electrons. The zero-order valence-corrected chi connectivity index (χ0v) is 10.6. The van der Waals surface area contributed by atoms with Crippen LogP contribution in [0.5, 0.6) is 0 Å². The fourth-order valence-corrected chi connectivity index (χ4v) is 1.83. The van der Waals surface area contributed by atoms with Gasteiger partial charge in [0.05, 0.1) is 28.3 Å². The maximum Gasteiger partial charge on any atom is 0.418 e. The lowest BCUT2D eigenvalue weighted by Gasteiger charge is -2.17. The maximum absolute atomic E-state index is 12.8. The summed E-state index contributed by atoms with van der Waals surface area (Å²) in [6.07, 6.45) is -10.3. The van der Waals surface area contributed by atoms with Crippen molar-refractivity contribution in [2.45, 2.75) is 19.3 Å². The van der Waals surface area contributed by atoms with E-state index in [0.717, 1.165) is 0 Å². The van der Waals surface area contributed by atoms with E-state index in [1.165, 1.54) is 6.92 Å². The van der Waals surface area contributed by atoms with Crippen molar-refractivity contribution in [2.24, 2.45) is 0 Å². The molecule has 0 atom stereocenters. The number of hydrogen-bond acceptors (Lipinski definition) is 2. The van der Waals surface area contributed by atoms with Gasteiger partial charge in [0.2, 0.25) is 0 Å². The van der Waals surface area contributed by atoms with Crippen molar-refractivity contribution in [3.8, 4) is 0 Å². The summed E-state index contributed by atoms with van der Waals surface area (Å²) < 4.78 is 80.4. The van der Waals surface area contributed by atoms with Crippen molar-refractivity contribution in [1.82, 2.24) is 0 Å². The van der Waals surface area contributed by atoms with Crippen molar-refractivity contribution >= 4 is 17.6 Å². The van der Waals surface area contributed by atoms with Gasteiger partial charge in [0.25, 0.3) is 0 Å². The van der Waals surface area contributed by atoms with Crippen LogP contribution in [-0.2, 0) is 17.1 Å². The van der Waals surface area contributed by atoms with Gasteiger partial charge in [-0.15, -0.1) is 0 Å². The largest absolute Gasteiger partial charge is 0.462 e. The van der Waals surface area contributed by atoms with E-state index in [-0.39, 0.29) is 6.61 Å². The third kappa shape index (κ3) is 3.36. The van der Waals surface area contributed by atoms with Crippen LogP contribution in [0.4, 0.5) is 26.3 Å². The minimum atomic E-state index is -5.22. The first kappa shape index (κ1) is 16.6. The predicted octanol–water partition coefficient (Wildman–Crippen LogP) is 4.55. The molecule has 0 N–H and O–H groups in total. The van der Waals surface area contributed by atoms with Crippen molar-refractivity contribution in [1.29, 1.82) is 0 Å². The first-order valence-corrected chi connectivity index (χ1v) is 5.52. The first-order chi connectivity index (χ1) is 9.00. The molecule has 20 heavy (non-hydrogen) atoms. The van der Waals surface area contributed by atoms with Gasteiger partial charge in [-0.05, 0) is 19.1 Å². The molecule has 0 spiro atoms. The number of rotatable bonds is 2. The van der Waals surface area contributed by atoms with Crippen molar-refractivity contribution in [3.63, 3.8) is 0 Å². The first-order valence-electron chi connectivity index (χ1n) is 5.14. The van der Waals surface area contributed by atoms with Gasteiger partial charge in [-0.1, -0.05) is 11.6 Å². The van der Waals surface area contributed by atoms with Gasteiger partial charge < -0.3 is 4.74 Å². The molecule has 0 bridgehead atoms. The van der Waals surface area contributed by atoms with E-state index < -0.39 is 40.0 Å². The number of carbonyl (C=O) groups is 1. The molecule has 1 aromatic carbocycles. The van der Waals surface area contributed by atoms with Crippen molar-refractivity contribution < 1.29 is 35.9 Å². The van der Waals surface area contributed by atoms with Crippen LogP contribution in [0.2, 0.25) is 5.02 Å². The van der Waals surface area contributed by atoms with Crippen LogP contribution in [0, 0.1) is 0 Å². The molecule has 0 unspecified atom stereocenters. The summed E-state index contributed by atoms with van der Waals surface area (Å²) in [7, 11) is 0. The Morgan fingerprint density at radius 1 is 1.15 bits per heavy atom. The van der Waals surface area contributed by atoms with Gasteiger partial charge in [0, 0.05) is 0 Å². The standard InChI is InChI=1S/C11H7ClF6O2/c1-2-20-9(19)5-3-4-6(10(13,14)15)8(12)7(5)11(16,17)18/h3-4H,2H2,1H3. The lowest BCUT2D eigenvalue weighted by atomic mass is 10.0. The Labute approximate surface area is 114 Å². The maximum atomic E-state index is 12.8. The topological polar surface area (TPSA) is 26.3 Å². The highest BCUT2D eigenvalue weighted by Crippen LogP contribution is 2.43. The number of benzene rings is 1. The molecule has 0 amide bonds. The SMILES string of the molecule is CCOC(=O)c1ccc(C(F)(F)F)c(Cl)c1C(F)(F)F. The van der Waals surface area contributed by atoms with E-state index >= 15 is 0 Å². The monoisotopic (exact) mass is 320 g/mol. The summed E-state index contributed by atoms with van der Waals surface area (Å²) in [5.74, 6) is -1.39. The molecule has 0 aliphatic rings. The molecule has 0 heterocycles. The number of ether oxygens (including phenoxy) is 1. The summed E-state index contributed by atoms with van der Waals surface area (Å²) in [5.41, 5.74) is -4.58. The zero-order chi connectivity index (χ0) is 15.7. The Balaban J connectivity index is 3.57. The highest BCUT2D eigenvalue weighted by molar-refractivity contribution is 6.32. The molecular weight excluding hydrogens is 314 g/mol. The normalized spacial score (nSPS) is 12.4. The third-order valence-electron chi connectivity index (χ3n) is 2.23. The molecule has 0 aliphatic carbocycles. The van der Waals surface area contributed by atoms with Crippen molar-refractivity contribution in [3.05, 3.63) is 33.8 Å². The fourth-order valence-electron chi connectivity index (χ4n) is 1.45. The molecule has 1 rings (SSSR count). The Kier molecular flexibility index (Phi) is 4.58. The lowest BCUT2D eigenvalue weighted by Crippen LogP contribution is -2.19. The van der Waals surface area contributed by atoms with Crippen LogP contribution in [0.25, 0.3) is 0 Å². The third-order valence-corrected chi connectivity index (χ3v) is 2.62. The number of esters is 1. The van der Waals surface area contributed by atoms with E-state index in [9.17, 15) is 31.1 Å². The summed E-state index contributed by atoms with van der Waals surface area (Å²) >= 11 is 5.18. The van der Waals surface area contributed by atoms with Gasteiger partial charge in [-0.3, -0.25) is 0 Å². The molecule has 0 aliphatic heterocycles. The smallest absolute Gasteiger partial charge is 0.418 e. The molecule has 1 aromatic rings. The predicted molar refractivity (Wildman–Crippen MR) is 57.4 cm³/mol. The second-order valence-corrected chi connectivity index (χ2v) is 3.94. The van der Waals surface area contributed by atoms with E-state index in [0.29, 0.717) is 12.1 Å². The molecule has 112 valence electrons. The molecule has 0 aromatic heterocycles. The molecule has 2 nitrogen and oxygen atoms in total. The van der Waals surface area contributed by atoms with Crippen LogP contribution >= 0.6 is 11.6 Å². The average molecular weight is 321 g/mol. The summed E-state index contributed by atoms with van der Waals surface area (Å²) in [6, 6.07) is 0.708. The highest BCUT2D eigenvalue weighted by atomic mass is 35.5. The minimum Gasteiger partial charge on any atom is -0.462 e. The highest BCUT2D eigenvalue weighted by Gasteiger charge is 2.43. The van der Waals surface area contributed by atoms with Gasteiger partial charge >= 0.3 is 18.3 Å². The molecular formula is C11H7ClF6O2. The Bertz CT molecular complexity index is 521. The molecule has 0 saturated heterocycles. The summed E-state index contributed by atoms with van der Waals surface area (Å²) in [6.45, 7) is 1.12. The summed E-state index contributed by atoms with van der Waals surface area (Å²) in [5, 5.41) is -1.57. The van der Waals surface area contributed by atoms with Gasteiger partial charge in [-0.2, -0.15) is 26.3 Å². The van der Waals surface area contributed by atoms with Crippen LogP contribution in [0.15, 0.2) is 12.1 Å². The minimum absolute atomic E-state index is 0.227. The zero-order valence-electron chi connectivity index (χ0n) is 9.82. The van der Waals surface area contributed by atoms with Crippen LogP contribution in [-0.4, -0.2) is 12.6 Å². The van der Waals surface area contributed by atoms with Gasteiger partial charge in [0.15, 0.2) is 0 Å². The number of hydrogen-bond donors (Lipinski definition) is 0. The van der Waals surface area contributed by atoms with Gasteiger partial charge in [-0.25, -0.2) is 4.79 Å². The van der Waals surface area contributed by atoms with Crippen LogP contribution in [0.3, 0.4) is 0 Å². The Morgan fingerprint density at radius 2 is 1.70 bits per heavy atom. The fraction of sp³-hybridized carbons (Fsp3) is 0.364.